The first-order valence-corrected chi connectivity index (χ1v) is 9.05. The van der Waals surface area contributed by atoms with E-state index in [0.29, 0.717) is 10.6 Å². The van der Waals surface area contributed by atoms with Crippen molar-refractivity contribution in [2.75, 3.05) is 26.8 Å². The Morgan fingerprint density at radius 3 is 2.96 bits per heavy atom. The number of hydrogen-bond donors (Lipinski definition) is 2. The van der Waals surface area contributed by atoms with E-state index in [4.69, 9.17) is 16.3 Å². The highest BCUT2D eigenvalue weighted by Gasteiger charge is 2.41. The zero-order valence-corrected chi connectivity index (χ0v) is 14.8. The van der Waals surface area contributed by atoms with Crippen molar-refractivity contribution in [1.82, 2.24) is 10.6 Å². The van der Waals surface area contributed by atoms with Crippen LogP contribution in [0.1, 0.15) is 37.2 Å². The van der Waals surface area contributed by atoms with Crippen molar-refractivity contribution in [2.24, 2.45) is 10.9 Å². The van der Waals surface area contributed by atoms with Crippen LogP contribution in [0.5, 0.6) is 0 Å². The van der Waals surface area contributed by atoms with Crippen molar-refractivity contribution < 1.29 is 9.13 Å². The number of nitrogens with zero attached hydrogens (tertiary/aromatic N) is 1. The van der Waals surface area contributed by atoms with Crippen LogP contribution >= 0.6 is 11.6 Å². The van der Waals surface area contributed by atoms with Gasteiger partial charge in [-0.1, -0.05) is 17.7 Å². The maximum atomic E-state index is 13.9. The summed E-state index contributed by atoms with van der Waals surface area (Å²) >= 11 is 6.13. The first-order valence-electron chi connectivity index (χ1n) is 8.68. The summed E-state index contributed by atoms with van der Waals surface area (Å²) < 4.78 is 19.6. The predicted octanol–water partition coefficient (Wildman–Crippen LogP) is 3.32. The Kier molecular flexibility index (Phi) is 5.95. The lowest BCUT2D eigenvalue weighted by molar-refractivity contribution is 0.123. The minimum atomic E-state index is -0.229. The number of benzene rings is 1. The molecule has 0 heterocycles. The first-order chi connectivity index (χ1) is 11.7. The van der Waals surface area contributed by atoms with Gasteiger partial charge in [-0.25, -0.2) is 4.39 Å². The molecule has 1 aromatic rings. The molecule has 2 unspecified atom stereocenters. The molecule has 2 fully saturated rings. The van der Waals surface area contributed by atoms with E-state index in [-0.39, 0.29) is 17.8 Å². The molecule has 24 heavy (non-hydrogen) atoms. The van der Waals surface area contributed by atoms with Crippen molar-refractivity contribution >= 4 is 17.6 Å². The van der Waals surface area contributed by atoms with Gasteiger partial charge in [-0.2, -0.15) is 0 Å². The Bertz CT molecular complexity index is 571. The average Bonchev–Trinajstić information content (AvgIpc) is 3.46. The van der Waals surface area contributed by atoms with E-state index >= 15 is 0 Å². The van der Waals surface area contributed by atoms with Gasteiger partial charge in [0.2, 0.25) is 0 Å². The smallest absolute Gasteiger partial charge is 0.191 e. The van der Waals surface area contributed by atoms with E-state index in [1.54, 1.807) is 19.2 Å². The standard InChI is InChI=1S/C18H25ClFN3O/c1-21-18(22-8-3-9-24-11-12-6-7-12)23-16-10-13(16)17-14(19)4-2-5-15(17)20/h2,4-5,12-13,16H,3,6-11H2,1H3,(H2,21,22,23). The molecule has 132 valence electrons. The molecule has 0 spiro atoms. The average molecular weight is 354 g/mol. The summed E-state index contributed by atoms with van der Waals surface area (Å²) in [6.07, 6.45) is 4.46. The maximum Gasteiger partial charge on any atom is 0.191 e. The van der Waals surface area contributed by atoms with Crippen molar-refractivity contribution in [3.05, 3.63) is 34.6 Å². The van der Waals surface area contributed by atoms with Gasteiger partial charge in [0, 0.05) is 49.4 Å². The van der Waals surface area contributed by atoms with Crippen LogP contribution in [0, 0.1) is 11.7 Å². The molecular weight excluding hydrogens is 329 g/mol. The molecule has 0 aliphatic heterocycles. The van der Waals surface area contributed by atoms with E-state index in [1.165, 1.54) is 18.9 Å². The molecule has 2 aliphatic rings. The van der Waals surface area contributed by atoms with Gasteiger partial charge in [-0.15, -0.1) is 0 Å². The highest BCUT2D eigenvalue weighted by atomic mass is 35.5. The molecule has 4 nitrogen and oxygen atoms in total. The highest BCUT2D eigenvalue weighted by molar-refractivity contribution is 6.31. The Hall–Kier alpha value is -1.33. The van der Waals surface area contributed by atoms with Crippen LogP contribution in [0.3, 0.4) is 0 Å². The van der Waals surface area contributed by atoms with Crippen molar-refractivity contribution in [3.63, 3.8) is 0 Å². The van der Waals surface area contributed by atoms with Crippen LogP contribution in [0.2, 0.25) is 5.02 Å². The SMILES string of the molecule is CN=C(NCCCOCC1CC1)NC1CC1c1c(F)cccc1Cl. The van der Waals surface area contributed by atoms with Gasteiger partial charge >= 0.3 is 0 Å². The van der Waals surface area contributed by atoms with Crippen molar-refractivity contribution in [1.29, 1.82) is 0 Å². The second kappa shape index (κ2) is 8.17. The van der Waals surface area contributed by atoms with E-state index in [9.17, 15) is 4.39 Å². The summed E-state index contributed by atoms with van der Waals surface area (Å²) in [5.74, 6) is 1.44. The van der Waals surface area contributed by atoms with Crippen LogP contribution < -0.4 is 10.6 Å². The quantitative estimate of drug-likeness (QED) is 0.428. The molecule has 0 bridgehead atoms. The van der Waals surface area contributed by atoms with E-state index in [0.717, 1.165) is 44.5 Å². The van der Waals surface area contributed by atoms with E-state index in [2.05, 4.69) is 15.6 Å². The second-order valence-corrected chi connectivity index (χ2v) is 7.01. The minimum Gasteiger partial charge on any atom is -0.381 e. The fourth-order valence-electron chi connectivity index (χ4n) is 2.82. The number of rotatable bonds is 8. The molecule has 2 saturated carbocycles. The number of guanidine groups is 1. The summed E-state index contributed by atoms with van der Waals surface area (Å²) in [5, 5.41) is 7.11. The molecule has 0 amide bonds. The number of ether oxygens (including phenoxy) is 1. The first kappa shape index (κ1) is 17.5. The minimum absolute atomic E-state index is 0.110. The molecule has 3 rings (SSSR count). The lowest BCUT2D eigenvalue weighted by Gasteiger charge is -2.12. The van der Waals surface area contributed by atoms with Gasteiger partial charge < -0.3 is 15.4 Å². The third-order valence-electron chi connectivity index (χ3n) is 4.52. The van der Waals surface area contributed by atoms with Gasteiger partial charge in [0.15, 0.2) is 5.96 Å². The van der Waals surface area contributed by atoms with Crippen LogP contribution in [0.4, 0.5) is 4.39 Å². The van der Waals surface area contributed by atoms with E-state index < -0.39 is 0 Å². The molecule has 6 heteroatoms. The predicted molar refractivity (Wildman–Crippen MR) is 95.2 cm³/mol. The molecular formula is C18H25ClFN3O. The van der Waals surface area contributed by atoms with Crippen LogP contribution in [-0.4, -0.2) is 38.8 Å². The van der Waals surface area contributed by atoms with Gasteiger partial charge in [-0.05, 0) is 43.7 Å². The molecule has 2 atom stereocenters. The zero-order valence-electron chi connectivity index (χ0n) is 14.0. The summed E-state index contributed by atoms with van der Waals surface area (Å²) in [6.45, 7) is 2.49. The van der Waals surface area contributed by atoms with Gasteiger partial charge in [-0.3, -0.25) is 4.99 Å². The molecule has 1 aromatic carbocycles. The lowest BCUT2D eigenvalue weighted by Crippen LogP contribution is -2.39. The molecule has 2 aliphatic carbocycles. The lowest BCUT2D eigenvalue weighted by atomic mass is 10.1. The highest BCUT2D eigenvalue weighted by Crippen LogP contribution is 2.44. The third-order valence-corrected chi connectivity index (χ3v) is 4.84. The molecule has 0 saturated heterocycles. The fourth-order valence-corrected chi connectivity index (χ4v) is 3.13. The summed E-state index contributed by atoms with van der Waals surface area (Å²) in [4.78, 5) is 4.22. The largest absolute Gasteiger partial charge is 0.381 e. The number of nitrogens with one attached hydrogen (secondary N) is 2. The second-order valence-electron chi connectivity index (χ2n) is 6.60. The van der Waals surface area contributed by atoms with Crippen molar-refractivity contribution in [3.8, 4) is 0 Å². The van der Waals surface area contributed by atoms with Crippen LogP contribution in [-0.2, 0) is 4.74 Å². The van der Waals surface area contributed by atoms with Crippen molar-refractivity contribution in [2.45, 2.75) is 37.6 Å². The summed E-state index contributed by atoms with van der Waals surface area (Å²) in [6, 6.07) is 5.02. The fraction of sp³-hybridized carbons (Fsp3) is 0.611. The molecule has 0 aromatic heterocycles. The van der Waals surface area contributed by atoms with E-state index in [1.807, 2.05) is 0 Å². The Balaban J connectivity index is 1.37. The third kappa shape index (κ3) is 4.84. The molecule has 2 N–H and O–H groups in total. The Morgan fingerprint density at radius 2 is 2.25 bits per heavy atom. The normalized spacial score (nSPS) is 23.2. The topological polar surface area (TPSA) is 45.7 Å². The maximum absolute atomic E-state index is 13.9. The van der Waals surface area contributed by atoms with Gasteiger partial charge in [0.05, 0.1) is 0 Å². The molecule has 0 radical (unpaired) electrons. The zero-order chi connectivity index (χ0) is 16.9. The summed E-state index contributed by atoms with van der Waals surface area (Å²) in [7, 11) is 1.74. The Labute approximate surface area is 147 Å². The van der Waals surface area contributed by atoms with Gasteiger partial charge in [0.25, 0.3) is 0 Å². The number of halogens is 2. The van der Waals surface area contributed by atoms with Crippen LogP contribution in [0.25, 0.3) is 0 Å². The number of aliphatic imine (C=N–C) groups is 1. The monoisotopic (exact) mass is 353 g/mol. The Morgan fingerprint density at radius 1 is 1.42 bits per heavy atom. The van der Waals surface area contributed by atoms with Crippen LogP contribution in [0.15, 0.2) is 23.2 Å². The number of hydrogen-bond acceptors (Lipinski definition) is 2. The summed E-state index contributed by atoms with van der Waals surface area (Å²) in [5.41, 5.74) is 0.612. The van der Waals surface area contributed by atoms with Gasteiger partial charge in [0.1, 0.15) is 5.82 Å².